The molecule has 1 aromatic carbocycles. The van der Waals surface area contributed by atoms with Crippen LogP contribution in [0, 0.1) is 0 Å². The van der Waals surface area contributed by atoms with Gasteiger partial charge < -0.3 is 14.8 Å². The number of hydrogen-bond donors (Lipinski definition) is 1. The Morgan fingerprint density at radius 2 is 1.84 bits per heavy atom. The quantitative estimate of drug-likeness (QED) is 0.893. The molecule has 0 aliphatic rings. The van der Waals surface area contributed by atoms with E-state index < -0.39 is 0 Å². The van der Waals surface area contributed by atoms with E-state index in [-0.39, 0.29) is 0 Å². The fraction of sp³-hybridized carbons (Fsp3) is 0.286. The minimum absolute atomic E-state index is 0.459. The average Bonchev–Trinajstić information content (AvgIpc) is 2.47. The molecule has 0 unspecified atom stereocenters. The van der Waals surface area contributed by atoms with Crippen LogP contribution in [0.1, 0.15) is 5.69 Å². The third-order valence-electron chi connectivity index (χ3n) is 2.68. The summed E-state index contributed by atoms with van der Waals surface area (Å²) in [6.07, 6.45) is 0. The first-order chi connectivity index (χ1) is 9.26. The fourth-order valence-electron chi connectivity index (χ4n) is 1.72. The van der Waals surface area contributed by atoms with Gasteiger partial charge in [-0.2, -0.15) is 0 Å². The summed E-state index contributed by atoms with van der Waals surface area (Å²) in [5.41, 5.74) is 1.78. The molecule has 0 spiro atoms. The molecule has 0 atom stereocenters. The average molecular weight is 259 g/mol. The van der Waals surface area contributed by atoms with E-state index in [1.807, 2.05) is 37.4 Å². The SMILES string of the molecule is CNc1cc(COC)nc(-c2ccc(OC)cc2)n1. The van der Waals surface area contributed by atoms with E-state index in [1.54, 1.807) is 14.2 Å². The number of nitrogens with zero attached hydrogens (tertiary/aromatic N) is 2. The van der Waals surface area contributed by atoms with Crippen LogP contribution in [0.4, 0.5) is 5.82 Å². The molecule has 0 radical (unpaired) electrons. The van der Waals surface area contributed by atoms with Crippen molar-refractivity contribution in [2.45, 2.75) is 6.61 Å². The van der Waals surface area contributed by atoms with Gasteiger partial charge in [0.1, 0.15) is 11.6 Å². The third-order valence-corrected chi connectivity index (χ3v) is 2.68. The van der Waals surface area contributed by atoms with Crippen LogP contribution in [0.3, 0.4) is 0 Å². The first-order valence-corrected chi connectivity index (χ1v) is 5.96. The fourth-order valence-corrected chi connectivity index (χ4v) is 1.72. The lowest BCUT2D eigenvalue weighted by atomic mass is 10.2. The van der Waals surface area contributed by atoms with Crippen LogP contribution in [0.5, 0.6) is 5.75 Å². The van der Waals surface area contributed by atoms with Crippen molar-refractivity contribution in [3.8, 4) is 17.1 Å². The summed E-state index contributed by atoms with van der Waals surface area (Å²) in [5.74, 6) is 2.25. The normalized spacial score (nSPS) is 10.3. The van der Waals surface area contributed by atoms with Crippen molar-refractivity contribution >= 4 is 5.82 Å². The Bertz CT molecular complexity index is 541. The van der Waals surface area contributed by atoms with E-state index in [2.05, 4.69) is 15.3 Å². The van der Waals surface area contributed by atoms with Crippen LogP contribution in [0.15, 0.2) is 30.3 Å². The summed E-state index contributed by atoms with van der Waals surface area (Å²) < 4.78 is 10.3. The van der Waals surface area contributed by atoms with Crippen molar-refractivity contribution in [2.75, 3.05) is 26.6 Å². The first-order valence-electron chi connectivity index (χ1n) is 5.96. The van der Waals surface area contributed by atoms with Crippen molar-refractivity contribution in [3.63, 3.8) is 0 Å². The highest BCUT2D eigenvalue weighted by Crippen LogP contribution is 2.21. The zero-order valence-corrected chi connectivity index (χ0v) is 11.3. The molecule has 19 heavy (non-hydrogen) atoms. The highest BCUT2D eigenvalue weighted by atomic mass is 16.5. The van der Waals surface area contributed by atoms with Crippen LogP contribution < -0.4 is 10.1 Å². The highest BCUT2D eigenvalue weighted by molar-refractivity contribution is 5.58. The molecule has 0 saturated carbocycles. The minimum Gasteiger partial charge on any atom is -0.497 e. The zero-order valence-electron chi connectivity index (χ0n) is 11.3. The predicted octanol–water partition coefficient (Wildman–Crippen LogP) is 2.34. The number of aromatic nitrogens is 2. The molecule has 2 aromatic rings. The first kappa shape index (κ1) is 13.3. The second-order valence-electron chi connectivity index (χ2n) is 3.98. The van der Waals surface area contributed by atoms with E-state index >= 15 is 0 Å². The number of rotatable bonds is 5. The molecule has 100 valence electrons. The molecule has 5 nitrogen and oxygen atoms in total. The van der Waals surface area contributed by atoms with Crippen LogP contribution in [-0.4, -0.2) is 31.2 Å². The lowest BCUT2D eigenvalue weighted by Crippen LogP contribution is -2.01. The number of hydrogen-bond acceptors (Lipinski definition) is 5. The van der Waals surface area contributed by atoms with E-state index in [0.29, 0.717) is 12.4 Å². The van der Waals surface area contributed by atoms with Crippen LogP contribution in [-0.2, 0) is 11.3 Å². The number of nitrogens with one attached hydrogen (secondary N) is 1. The van der Waals surface area contributed by atoms with Gasteiger partial charge in [-0.3, -0.25) is 0 Å². The Kier molecular flexibility index (Phi) is 4.30. The number of methoxy groups -OCH3 is 2. The summed E-state index contributed by atoms with van der Waals surface area (Å²) in [7, 11) is 5.12. The van der Waals surface area contributed by atoms with Crippen molar-refractivity contribution < 1.29 is 9.47 Å². The Hall–Kier alpha value is -2.14. The van der Waals surface area contributed by atoms with Crippen molar-refractivity contribution in [1.29, 1.82) is 0 Å². The van der Waals surface area contributed by atoms with Gasteiger partial charge in [-0.05, 0) is 24.3 Å². The molecule has 0 amide bonds. The number of anilines is 1. The summed E-state index contributed by atoms with van der Waals surface area (Å²) >= 11 is 0. The monoisotopic (exact) mass is 259 g/mol. The molecule has 1 heterocycles. The van der Waals surface area contributed by atoms with Gasteiger partial charge in [0.2, 0.25) is 0 Å². The number of ether oxygens (including phenoxy) is 2. The standard InChI is InChI=1S/C14H17N3O2/c1-15-13-8-11(9-18-2)16-14(17-13)10-4-6-12(19-3)7-5-10/h4-8H,9H2,1-3H3,(H,15,16,17). The van der Waals surface area contributed by atoms with E-state index in [4.69, 9.17) is 9.47 Å². The molecule has 0 aliphatic heterocycles. The second-order valence-corrected chi connectivity index (χ2v) is 3.98. The van der Waals surface area contributed by atoms with Crippen LogP contribution in [0.2, 0.25) is 0 Å². The summed E-state index contributed by atoms with van der Waals surface area (Å²) in [6, 6.07) is 9.52. The van der Waals surface area contributed by atoms with Crippen molar-refractivity contribution in [3.05, 3.63) is 36.0 Å². The maximum Gasteiger partial charge on any atom is 0.161 e. The molecule has 1 N–H and O–H groups in total. The number of benzene rings is 1. The third kappa shape index (κ3) is 3.20. The molecular weight excluding hydrogens is 242 g/mol. The molecule has 0 bridgehead atoms. The Morgan fingerprint density at radius 3 is 2.42 bits per heavy atom. The van der Waals surface area contributed by atoms with Gasteiger partial charge in [0, 0.05) is 25.8 Å². The zero-order chi connectivity index (χ0) is 13.7. The minimum atomic E-state index is 0.459. The van der Waals surface area contributed by atoms with Gasteiger partial charge in [-0.25, -0.2) is 9.97 Å². The van der Waals surface area contributed by atoms with Gasteiger partial charge in [0.25, 0.3) is 0 Å². The Balaban J connectivity index is 2.38. The molecular formula is C14H17N3O2. The van der Waals surface area contributed by atoms with E-state index in [1.165, 1.54) is 0 Å². The summed E-state index contributed by atoms with van der Waals surface area (Å²) in [6.45, 7) is 0.459. The maximum atomic E-state index is 5.14. The van der Waals surface area contributed by atoms with Gasteiger partial charge >= 0.3 is 0 Å². The van der Waals surface area contributed by atoms with Crippen LogP contribution in [0.25, 0.3) is 11.4 Å². The van der Waals surface area contributed by atoms with Crippen LogP contribution >= 0.6 is 0 Å². The van der Waals surface area contributed by atoms with Crippen molar-refractivity contribution in [1.82, 2.24) is 9.97 Å². The largest absolute Gasteiger partial charge is 0.497 e. The molecule has 5 heteroatoms. The molecule has 0 fully saturated rings. The van der Waals surface area contributed by atoms with Gasteiger partial charge in [0.05, 0.1) is 19.4 Å². The smallest absolute Gasteiger partial charge is 0.161 e. The van der Waals surface area contributed by atoms with E-state index in [9.17, 15) is 0 Å². The highest BCUT2D eigenvalue weighted by Gasteiger charge is 2.06. The summed E-state index contributed by atoms with van der Waals surface area (Å²) in [5, 5.41) is 3.03. The molecule has 1 aromatic heterocycles. The topological polar surface area (TPSA) is 56.3 Å². The van der Waals surface area contributed by atoms with E-state index in [0.717, 1.165) is 22.8 Å². The van der Waals surface area contributed by atoms with Gasteiger partial charge in [0.15, 0.2) is 5.82 Å². The molecule has 0 saturated heterocycles. The lowest BCUT2D eigenvalue weighted by Gasteiger charge is -2.08. The molecule has 0 aliphatic carbocycles. The van der Waals surface area contributed by atoms with Gasteiger partial charge in [-0.1, -0.05) is 0 Å². The van der Waals surface area contributed by atoms with Crippen molar-refractivity contribution in [2.24, 2.45) is 0 Å². The molecule has 2 rings (SSSR count). The second kappa shape index (κ2) is 6.15. The Morgan fingerprint density at radius 1 is 1.11 bits per heavy atom. The lowest BCUT2D eigenvalue weighted by molar-refractivity contribution is 0.181. The van der Waals surface area contributed by atoms with Gasteiger partial charge in [-0.15, -0.1) is 0 Å². The maximum absolute atomic E-state index is 5.14. The predicted molar refractivity (Wildman–Crippen MR) is 74.3 cm³/mol. The Labute approximate surface area is 112 Å². The summed E-state index contributed by atoms with van der Waals surface area (Å²) in [4.78, 5) is 8.92.